The minimum atomic E-state index is -0.691. The quantitative estimate of drug-likeness (QED) is 0.690. The predicted molar refractivity (Wildman–Crippen MR) is 69.1 cm³/mol. The molecule has 0 aliphatic carbocycles. The predicted octanol–water partition coefficient (Wildman–Crippen LogP) is 0.579. The maximum absolute atomic E-state index is 11.6. The van der Waals surface area contributed by atoms with E-state index < -0.39 is 5.41 Å². The molecule has 0 radical (unpaired) electrons. The highest BCUT2D eigenvalue weighted by Crippen LogP contribution is 2.15. The van der Waals surface area contributed by atoms with Gasteiger partial charge in [-0.3, -0.25) is 9.59 Å². The fourth-order valence-electron chi connectivity index (χ4n) is 1.23. The van der Waals surface area contributed by atoms with Gasteiger partial charge in [0.15, 0.2) is 0 Å². The molecule has 0 aromatic carbocycles. The lowest BCUT2D eigenvalue weighted by molar-refractivity contribution is -0.150. The molecule has 0 rings (SSSR count). The van der Waals surface area contributed by atoms with E-state index in [2.05, 4.69) is 15.4 Å². The van der Waals surface area contributed by atoms with Gasteiger partial charge < -0.3 is 15.4 Å². The Kier molecular flexibility index (Phi) is 9.06. The fourth-order valence-corrected chi connectivity index (χ4v) is 1.23. The summed E-state index contributed by atoms with van der Waals surface area (Å²) in [6.45, 7) is 6.21. The topological polar surface area (TPSA) is 67.4 Å². The molecule has 102 valence electrons. The van der Waals surface area contributed by atoms with Gasteiger partial charge in [0.2, 0.25) is 5.91 Å². The second kappa shape index (κ2) is 8.31. The number of esters is 1. The number of carbonyl (C=O) groups excluding carboxylic acids is 2. The van der Waals surface area contributed by atoms with Crippen LogP contribution in [0.5, 0.6) is 0 Å². The van der Waals surface area contributed by atoms with Crippen LogP contribution < -0.4 is 10.6 Å². The van der Waals surface area contributed by atoms with Crippen LogP contribution in [0.15, 0.2) is 0 Å². The van der Waals surface area contributed by atoms with Crippen molar-refractivity contribution in [3.63, 3.8) is 0 Å². The number of nitrogens with one attached hydrogen (secondary N) is 2. The van der Waals surface area contributed by atoms with Crippen molar-refractivity contribution in [3.8, 4) is 0 Å². The Morgan fingerprint density at radius 1 is 1.35 bits per heavy atom. The Bertz CT molecular complexity index is 257. The molecule has 0 aromatic rings. The number of ether oxygens (including phenoxy) is 1. The van der Waals surface area contributed by atoms with Crippen LogP contribution in [0.25, 0.3) is 0 Å². The highest BCUT2D eigenvalue weighted by atomic mass is 35.5. The molecule has 1 unspecified atom stereocenters. The summed E-state index contributed by atoms with van der Waals surface area (Å²) in [7, 11) is 3.14. The molecule has 0 spiro atoms. The third-order valence-corrected chi connectivity index (χ3v) is 2.40. The van der Waals surface area contributed by atoms with Gasteiger partial charge in [0.1, 0.15) is 0 Å². The third kappa shape index (κ3) is 6.48. The molecule has 0 aromatic heterocycles. The summed E-state index contributed by atoms with van der Waals surface area (Å²) >= 11 is 0. The monoisotopic (exact) mass is 266 g/mol. The van der Waals surface area contributed by atoms with Crippen molar-refractivity contribution in [2.45, 2.75) is 20.8 Å². The van der Waals surface area contributed by atoms with Crippen molar-refractivity contribution in [2.24, 2.45) is 11.3 Å². The number of rotatable bonds is 6. The zero-order chi connectivity index (χ0) is 12.8. The van der Waals surface area contributed by atoms with Crippen molar-refractivity contribution in [2.75, 3.05) is 27.2 Å². The van der Waals surface area contributed by atoms with Crippen molar-refractivity contribution >= 4 is 24.3 Å². The lowest BCUT2D eigenvalue weighted by atomic mass is 9.93. The largest absolute Gasteiger partial charge is 0.469 e. The van der Waals surface area contributed by atoms with E-state index in [0.29, 0.717) is 6.54 Å². The Labute approximate surface area is 109 Å². The average Bonchev–Trinajstić information content (AvgIpc) is 2.25. The SMILES string of the molecule is CNCC(C)C(=O)NCC(C)(C)C(=O)OC.Cl. The van der Waals surface area contributed by atoms with Crippen molar-refractivity contribution in [1.29, 1.82) is 0 Å². The average molecular weight is 267 g/mol. The standard InChI is InChI=1S/C11H22N2O3.ClH/c1-8(6-12-4)9(14)13-7-11(2,3)10(15)16-5;/h8,12H,6-7H2,1-5H3,(H,13,14);1H. The molecule has 1 atom stereocenters. The first-order valence-electron chi connectivity index (χ1n) is 5.36. The molecule has 17 heavy (non-hydrogen) atoms. The van der Waals surface area contributed by atoms with E-state index >= 15 is 0 Å². The second-order valence-electron chi connectivity index (χ2n) is 4.55. The molecule has 0 fully saturated rings. The van der Waals surface area contributed by atoms with Gasteiger partial charge in [-0.15, -0.1) is 12.4 Å². The Morgan fingerprint density at radius 3 is 2.29 bits per heavy atom. The van der Waals surface area contributed by atoms with Gasteiger partial charge in [0.05, 0.1) is 12.5 Å². The molecule has 0 saturated heterocycles. The Hall–Kier alpha value is -0.810. The lowest BCUT2D eigenvalue weighted by Gasteiger charge is -2.22. The minimum Gasteiger partial charge on any atom is -0.469 e. The minimum absolute atomic E-state index is 0. The van der Waals surface area contributed by atoms with Gasteiger partial charge in [-0.2, -0.15) is 0 Å². The molecule has 0 heterocycles. The fraction of sp³-hybridized carbons (Fsp3) is 0.818. The summed E-state index contributed by atoms with van der Waals surface area (Å²) in [5.41, 5.74) is -0.691. The molecule has 1 amide bonds. The number of methoxy groups -OCH3 is 1. The van der Waals surface area contributed by atoms with E-state index in [1.54, 1.807) is 20.9 Å². The first kappa shape index (κ1) is 18.6. The van der Waals surface area contributed by atoms with Gasteiger partial charge in [-0.25, -0.2) is 0 Å². The van der Waals surface area contributed by atoms with E-state index in [0.717, 1.165) is 0 Å². The van der Waals surface area contributed by atoms with Crippen molar-refractivity contribution in [1.82, 2.24) is 10.6 Å². The van der Waals surface area contributed by atoms with Gasteiger partial charge >= 0.3 is 5.97 Å². The molecular formula is C11H23ClN2O3. The number of halogens is 1. The lowest BCUT2D eigenvalue weighted by Crippen LogP contribution is -2.42. The zero-order valence-electron chi connectivity index (χ0n) is 11.1. The molecule has 0 aliphatic rings. The van der Waals surface area contributed by atoms with Crippen LogP contribution in [0.3, 0.4) is 0 Å². The summed E-state index contributed by atoms with van der Waals surface area (Å²) in [4.78, 5) is 22.9. The second-order valence-corrected chi connectivity index (χ2v) is 4.55. The van der Waals surface area contributed by atoms with E-state index in [1.165, 1.54) is 7.11 Å². The summed E-state index contributed by atoms with van der Waals surface area (Å²) in [6, 6.07) is 0. The van der Waals surface area contributed by atoms with E-state index in [1.807, 2.05) is 6.92 Å². The van der Waals surface area contributed by atoms with Crippen molar-refractivity contribution < 1.29 is 14.3 Å². The van der Waals surface area contributed by atoms with E-state index in [4.69, 9.17) is 0 Å². The van der Waals surface area contributed by atoms with Crippen LogP contribution in [0.4, 0.5) is 0 Å². The van der Waals surface area contributed by atoms with Crippen LogP contribution >= 0.6 is 12.4 Å². The first-order valence-corrected chi connectivity index (χ1v) is 5.36. The molecule has 2 N–H and O–H groups in total. The van der Waals surface area contributed by atoms with Gasteiger partial charge in [0, 0.05) is 19.0 Å². The first-order chi connectivity index (χ1) is 7.35. The normalized spacial score (nSPS) is 12.3. The van der Waals surface area contributed by atoms with Gasteiger partial charge in [0.25, 0.3) is 0 Å². The van der Waals surface area contributed by atoms with Crippen LogP contribution in [0, 0.1) is 11.3 Å². The maximum atomic E-state index is 11.6. The van der Waals surface area contributed by atoms with Crippen LogP contribution in [0.2, 0.25) is 0 Å². The summed E-state index contributed by atoms with van der Waals surface area (Å²) in [5.74, 6) is -0.501. The van der Waals surface area contributed by atoms with Gasteiger partial charge in [-0.1, -0.05) is 6.92 Å². The number of hydrogen-bond acceptors (Lipinski definition) is 4. The summed E-state index contributed by atoms with van der Waals surface area (Å²) in [6.07, 6.45) is 0. The Morgan fingerprint density at radius 2 is 1.88 bits per heavy atom. The molecule has 5 nitrogen and oxygen atoms in total. The van der Waals surface area contributed by atoms with E-state index in [-0.39, 0.29) is 36.7 Å². The molecule has 0 saturated carbocycles. The zero-order valence-corrected chi connectivity index (χ0v) is 11.9. The number of carbonyl (C=O) groups is 2. The van der Waals surface area contributed by atoms with Crippen molar-refractivity contribution in [3.05, 3.63) is 0 Å². The number of hydrogen-bond donors (Lipinski definition) is 2. The molecule has 6 heteroatoms. The van der Waals surface area contributed by atoms with Crippen LogP contribution in [0.1, 0.15) is 20.8 Å². The molecular weight excluding hydrogens is 244 g/mol. The highest BCUT2D eigenvalue weighted by Gasteiger charge is 2.29. The molecule has 0 bridgehead atoms. The number of amides is 1. The van der Waals surface area contributed by atoms with E-state index in [9.17, 15) is 9.59 Å². The van der Waals surface area contributed by atoms with Crippen LogP contribution in [-0.2, 0) is 14.3 Å². The highest BCUT2D eigenvalue weighted by molar-refractivity contribution is 5.85. The van der Waals surface area contributed by atoms with Gasteiger partial charge in [-0.05, 0) is 20.9 Å². The summed E-state index contributed by atoms with van der Waals surface area (Å²) in [5, 5.41) is 5.67. The van der Waals surface area contributed by atoms with Crippen LogP contribution in [-0.4, -0.2) is 39.1 Å². The Balaban J connectivity index is 0. The summed E-state index contributed by atoms with van der Waals surface area (Å²) < 4.78 is 4.65. The third-order valence-electron chi connectivity index (χ3n) is 2.40. The molecule has 0 aliphatic heterocycles. The maximum Gasteiger partial charge on any atom is 0.313 e. The smallest absolute Gasteiger partial charge is 0.313 e.